The summed E-state index contributed by atoms with van der Waals surface area (Å²) < 4.78 is 11.1. The Morgan fingerprint density at radius 1 is 1.32 bits per heavy atom. The molecule has 1 saturated heterocycles. The van der Waals surface area contributed by atoms with Gasteiger partial charge in [0.15, 0.2) is 0 Å². The molecular weight excluding hydrogens is 240 g/mol. The van der Waals surface area contributed by atoms with Gasteiger partial charge in [0.25, 0.3) is 0 Å². The minimum Gasteiger partial charge on any atom is -0.467 e. The van der Waals surface area contributed by atoms with E-state index in [2.05, 4.69) is 6.92 Å². The highest BCUT2D eigenvalue weighted by molar-refractivity contribution is 5.85. The lowest BCUT2D eigenvalue weighted by atomic mass is 9.77. The number of carbonyl (C=O) groups is 1. The Morgan fingerprint density at radius 3 is 2.42 bits per heavy atom. The van der Waals surface area contributed by atoms with Gasteiger partial charge in [-0.1, -0.05) is 57.5 Å². The molecule has 3 heteroatoms. The third-order valence-electron chi connectivity index (χ3n) is 4.04. The molecule has 1 heterocycles. The number of methoxy groups -OCH3 is 1. The van der Waals surface area contributed by atoms with Gasteiger partial charge in [-0.15, -0.1) is 0 Å². The van der Waals surface area contributed by atoms with Gasteiger partial charge in [0.2, 0.25) is 5.60 Å². The average Bonchev–Trinajstić information content (AvgIpc) is 3.11. The van der Waals surface area contributed by atoms with Crippen molar-refractivity contribution < 1.29 is 14.3 Å². The van der Waals surface area contributed by atoms with Crippen molar-refractivity contribution in [2.75, 3.05) is 7.11 Å². The first kappa shape index (κ1) is 14.1. The second-order valence-electron chi connectivity index (χ2n) is 5.43. The van der Waals surface area contributed by atoms with Crippen molar-refractivity contribution in [2.24, 2.45) is 5.92 Å². The molecule has 2 atom stereocenters. The summed E-state index contributed by atoms with van der Waals surface area (Å²) in [5, 5.41) is 0. The predicted molar refractivity (Wildman–Crippen MR) is 73.7 cm³/mol. The molecular formula is C16H22O3. The summed E-state index contributed by atoms with van der Waals surface area (Å²) in [5.74, 6) is -0.188. The summed E-state index contributed by atoms with van der Waals surface area (Å²) in [5.41, 5.74) is -0.292. The molecule has 1 fully saturated rings. The summed E-state index contributed by atoms with van der Waals surface area (Å²) in [6.45, 7) is 6.13. The number of benzene rings is 1. The topological polar surface area (TPSA) is 38.8 Å². The first-order valence-corrected chi connectivity index (χ1v) is 6.89. The predicted octanol–water partition coefficient (Wildman–Crippen LogP) is 3.28. The normalized spacial score (nSPS) is 29.3. The van der Waals surface area contributed by atoms with Crippen LogP contribution in [0.15, 0.2) is 30.3 Å². The van der Waals surface area contributed by atoms with Gasteiger partial charge in [0.05, 0.1) is 7.11 Å². The molecule has 0 amide bonds. The SMILES string of the molecule is CCCC1(c2ccccc2)OC1(C(=O)OC)C(C)C. The summed E-state index contributed by atoms with van der Waals surface area (Å²) in [4.78, 5) is 12.3. The highest BCUT2D eigenvalue weighted by atomic mass is 16.7. The van der Waals surface area contributed by atoms with Crippen molar-refractivity contribution in [3.8, 4) is 0 Å². The molecule has 2 rings (SSSR count). The zero-order chi connectivity index (χ0) is 14.1. The van der Waals surface area contributed by atoms with Crippen molar-refractivity contribution >= 4 is 5.97 Å². The largest absolute Gasteiger partial charge is 0.467 e. The van der Waals surface area contributed by atoms with Crippen LogP contribution in [0.2, 0.25) is 0 Å². The Bertz CT molecular complexity index is 454. The van der Waals surface area contributed by atoms with Crippen LogP contribution >= 0.6 is 0 Å². The van der Waals surface area contributed by atoms with Crippen LogP contribution < -0.4 is 0 Å². The highest BCUT2D eigenvalue weighted by Gasteiger charge is 2.76. The maximum Gasteiger partial charge on any atom is 0.341 e. The Balaban J connectivity index is 2.47. The van der Waals surface area contributed by atoms with E-state index in [9.17, 15) is 4.79 Å². The Kier molecular flexibility index (Phi) is 3.68. The summed E-state index contributed by atoms with van der Waals surface area (Å²) >= 11 is 0. The van der Waals surface area contributed by atoms with Crippen molar-refractivity contribution in [1.29, 1.82) is 0 Å². The van der Waals surface area contributed by atoms with E-state index in [1.807, 2.05) is 44.2 Å². The van der Waals surface area contributed by atoms with E-state index in [0.717, 1.165) is 18.4 Å². The number of ether oxygens (including phenoxy) is 2. The number of hydrogen-bond donors (Lipinski definition) is 0. The van der Waals surface area contributed by atoms with Gasteiger partial charge in [0.1, 0.15) is 5.60 Å². The van der Waals surface area contributed by atoms with E-state index in [1.54, 1.807) is 0 Å². The lowest BCUT2D eigenvalue weighted by Gasteiger charge is -2.21. The number of rotatable bonds is 5. The molecule has 1 aliphatic rings. The van der Waals surface area contributed by atoms with Crippen molar-refractivity contribution in [3.63, 3.8) is 0 Å². The fourth-order valence-corrected chi connectivity index (χ4v) is 3.14. The molecule has 2 unspecified atom stereocenters. The fourth-order valence-electron chi connectivity index (χ4n) is 3.14. The minimum absolute atomic E-state index is 0.0757. The smallest absolute Gasteiger partial charge is 0.341 e. The third-order valence-corrected chi connectivity index (χ3v) is 4.04. The van der Waals surface area contributed by atoms with Crippen LogP contribution in [-0.4, -0.2) is 18.7 Å². The van der Waals surface area contributed by atoms with Gasteiger partial charge in [-0.3, -0.25) is 0 Å². The molecule has 0 aromatic heterocycles. The van der Waals surface area contributed by atoms with E-state index in [0.29, 0.717) is 0 Å². The summed E-state index contributed by atoms with van der Waals surface area (Å²) in [7, 11) is 1.43. The first-order chi connectivity index (χ1) is 9.05. The molecule has 104 valence electrons. The molecule has 3 nitrogen and oxygen atoms in total. The van der Waals surface area contributed by atoms with Gasteiger partial charge in [0, 0.05) is 0 Å². The third kappa shape index (κ3) is 1.88. The van der Waals surface area contributed by atoms with Gasteiger partial charge in [-0.25, -0.2) is 4.79 Å². The zero-order valence-corrected chi connectivity index (χ0v) is 12.1. The fraction of sp³-hybridized carbons (Fsp3) is 0.562. The van der Waals surface area contributed by atoms with E-state index >= 15 is 0 Å². The van der Waals surface area contributed by atoms with Crippen LogP contribution in [0.1, 0.15) is 39.2 Å². The van der Waals surface area contributed by atoms with E-state index in [-0.39, 0.29) is 11.9 Å². The van der Waals surface area contributed by atoms with Crippen LogP contribution in [-0.2, 0) is 19.9 Å². The first-order valence-electron chi connectivity index (χ1n) is 6.89. The monoisotopic (exact) mass is 262 g/mol. The van der Waals surface area contributed by atoms with Gasteiger partial charge < -0.3 is 9.47 Å². The minimum atomic E-state index is -0.834. The van der Waals surface area contributed by atoms with Crippen molar-refractivity contribution in [3.05, 3.63) is 35.9 Å². The molecule has 0 N–H and O–H groups in total. The second kappa shape index (κ2) is 4.97. The molecule has 0 saturated carbocycles. The van der Waals surface area contributed by atoms with Crippen molar-refractivity contribution in [2.45, 2.75) is 44.8 Å². The Morgan fingerprint density at radius 2 is 1.95 bits per heavy atom. The molecule has 1 aromatic carbocycles. The maximum absolute atomic E-state index is 12.3. The van der Waals surface area contributed by atoms with Gasteiger partial charge >= 0.3 is 5.97 Å². The van der Waals surface area contributed by atoms with E-state index < -0.39 is 11.2 Å². The number of epoxide rings is 1. The second-order valence-corrected chi connectivity index (χ2v) is 5.43. The van der Waals surface area contributed by atoms with Gasteiger partial charge in [-0.05, 0) is 17.9 Å². The maximum atomic E-state index is 12.3. The van der Waals surface area contributed by atoms with Crippen LogP contribution in [0.4, 0.5) is 0 Å². The number of hydrogen-bond acceptors (Lipinski definition) is 3. The quantitative estimate of drug-likeness (QED) is 0.604. The summed E-state index contributed by atoms with van der Waals surface area (Å²) in [6.07, 6.45) is 1.78. The van der Waals surface area contributed by atoms with Crippen LogP contribution in [0.25, 0.3) is 0 Å². The molecule has 1 aromatic rings. The molecule has 0 aliphatic carbocycles. The Labute approximate surface area is 114 Å². The van der Waals surface area contributed by atoms with E-state index in [1.165, 1.54) is 7.11 Å². The van der Waals surface area contributed by atoms with Crippen LogP contribution in [0.5, 0.6) is 0 Å². The standard InChI is InChI=1S/C16H22O3/c1-5-11-15(13-9-7-6-8-10-13)16(19-15,12(2)3)14(17)18-4/h6-10,12H,5,11H2,1-4H3. The molecule has 1 aliphatic heterocycles. The van der Waals surface area contributed by atoms with Gasteiger partial charge in [-0.2, -0.15) is 0 Å². The van der Waals surface area contributed by atoms with Crippen molar-refractivity contribution in [1.82, 2.24) is 0 Å². The Hall–Kier alpha value is -1.35. The summed E-state index contributed by atoms with van der Waals surface area (Å²) in [6, 6.07) is 10.00. The average molecular weight is 262 g/mol. The van der Waals surface area contributed by atoms with Crippen LogP contribution in [0.3, 0.4) is 0 Å². The molecule has 0 bridgehead atoms. The van der Waals surface area contributed by atoms with E-state index in [4.69, 9.17) is 9.47 Å². The number of esters is 1. The zero-order valence-electron chi connectivity index (χ0n) is 12.1. The lowest BCUT2D eigenvalue weighted by Crippen LogP contribution is -2.38. The molecule has 0 radical (unpaired) electrons. The highest BCUT2D eigenvalue weighted by Crippen LogP contribution is 2.62. The molecule has 19 heavy (non-hydrogen) atoms. The van der Waals surface area contributed by atoms with Crippen LogP contribution in [0, 0.1) is 5.92 Å². The lowest BCUT2D eigenvalue weighted by molar-refractivity contribution is -0.148. The number of carbonyl (C=O) groups excluding carboxylic acids is 1. The molecule has 0 spiro atoms.